The van der Waals surface area contributed by atoms with Gasteiger partial charge in [0.15, 0.2) is 0 Å². The van der Waals surface area contributed by atoms with E-state index in [2.05, 4.69) is 5.32 Å². The molecule has 38 heavy (non-hydrogen) atoms. The molecule has 1 atom stereocenters. The van der Waals surface area contributed by atoms with E-state index in [9.17, 15) is 9.59 Å². The molecule has 0 fully saturated rings. The first-order valence-electron chi connectivity index (χ1n) is 11.9. The Bertz CT molecular complexity index is 1210. The van der Waals surface area contributed by atoms with Crippen molar-refractivity contribution in [1.29, 1.82) is 0 Å². The van der Waals surface area contributed by atoms with Crippen LogP contribution in [0.1, 0.15) is 16.7 Å². The third-order valence-electron chi connectivity index (χ3n) is 5.87. The number of carbonyl (C=O) groups excluding carboxylic acids is 2. The fraction of sp³-hybridized carbons (Fsp3) is 0.310. The number of nitrogens with one attached hydrogen (secondary N) is 1. The van der Waals surface area contributed by atoms with E-state index in [0.29, 0.717) is 23.0 Å². The van der Waals surface area contributed by atoms with E-state index in [-0.39, 0.29) is 18.7 Å². The lowest BCUT2D eigenvalue weighted by molar-refractivity contribution is -0.145. The quantitative estimate of drug-likeness (QED) is 0.252. The van der Waals surface area contributed by atoms with Crippen LogP contribution in [0, 0.1) is 0 Å². The van der Waals surface area contributed by atoms with E-state index < -0.39 is 12.0 Å². The summed E-state index contributed by atoms with van der Waals surface area (Å²) in [6, 6.07) is 17.8. The molecule has 0 aromatic heterocycles. The zero-order valence-electron chi connectivity index (χ0n) is 22.2. The van der Waals surface area contributed by atoms with Gasteiger partial charge in [-0.05, 0) is 47.0 Å². The van der Waals surface area contributed by atoms with Crippen molar-refractivity contribution in [3.8, 4) is 23.0 Å². The van der Waals surface area contributed by atoms with Crippen LogP contribution in [-0.4, -0.2) is 53.5 Å². The molecule has 0 heterocycles. The molecule has 9 heteroatoms. The number of methoxy groups -OCH3 is 5. The standard InChI is InChI=1S/C29H33NO7S/c1-33-22-10-6-19(7-11-22)14-27(31)30-25(29(32)37-5)16-21-15-24(35-3)17-26(36-4)28(21)38-18-20-8-12-23(34-2)13-9-20/h6-13,15,17,25H,14,16,18H2,1-5H3,(H,30,31)/t25-/m0/s1. The Balaban J connectivity index is 1.83. The number of amides is 1. The monoisotopic (exact) mass is 539 g/mol. The Labute approximate surface area is 227 Å². The summed E-state index contributed by atoms with van der Waals surface area (Å²) < 4.78 is 26.6. The van der Waals surface area contributed by atoms with E-state index in [4.69, 9.17) is 23.7 Å². The molecule has 1 N–H and O–H groups in total. The molecule has 0 aliphatic rings. The molecule has 0 aliphatic heterocycles. The average Bonchev–Trinajstić information content (AvgIpc) is 2.95. The van der Waals surface area contributed by atoms with Crippen LogP contribution in [0.4, 0.5) is 0 Å². The van der Waals surface area contributed by atoms with Crippen molar-refractivity contribution in [1.82, 2.24) is 5.32 Å². The van der Waals surface area contributed by atoms with Crippen molar-refractivity contribution in [2.24, 2.45) is 0 Å². The molecular weight excluding hydrogens is 506 g/mol. The van der Waals surface area contributed by atoms with Crippen molar-refractivity contribution in [3.05, 3.63) is 77.4 Å². The van der Waals surface area contributed by atoms with Gasteiger partial charge in [-0.25, -0.2) is 4.79 Å². The Hall–Kier alpha value is -3.85. The van der Waals surface area contributed by atoms with E-state index in [1.807, 2.05) is 42.5 Å². The van der Waals surface area contributed by atoms with Gasteiger partial charge >= 0.3 is 5.97 Å². The molecule has 3 aromatic carbocycles. The Morgan fingerprint density at radius 3 is 1.87 bits per heavy atom. The second-order valence-electron chi connectivity index (χ2n) is 8.33. The van der Waals surface area contributed by atoms with Gasteiger partial charge in [-0.15, -0.1) is 11.8 Å². The average molecular weight is 540 g/mol. The van der Waals surface area contributed by atoms with Crippen LogP contribution in [0.5, 0.6) is 23.0 Å². The summed E-state index contributed by atoms with van der Waals surface area (Å²) in [6.07, 6.45) is 0.303. The third kappa shape index (κ3) is 7.82. The van der Waals surface area contributed by atoms with Crippen LogP contribution in [0.3, 0.4) is 0 Å². The van der Waals surface area contributed by atoms with Gasteiger partial charge in [0.05, 0.1) is 46.9 Å². The molecule has 0 bridgehead atoms. The smallest absolute Gasteiger partial charge is 0.328 e. The molecule has 8 nitrogen and oxygen atoms in total. The maximum atomic E-state index is 12.9. The highest BCUT2D eigenvalue weighted by molar-refractivity contribution is 7.98. The predicted molar refractivity (Wildman–Crippen MR) is 146 cm³/mol. The van der Waals surface area contributed by atoms with Gasteiger partial charge in [0, 0.05) is 18.2 Å². The number of hydrogen-bond donors (Lipinski definition) is 1. The highest BCUT2D eigenvalue weighted by Gasteiger charge is 2.25. The third-order valence-corrected chi connectivity index (χ3v) is 7.10. The predicted octanol–water partition coefficient (Wildman–Crippen LogP) is 4.46. The van der Waals surface area contributed by atoms with E-state index in [1.165, 1.54) is 7.11 Å². The zero-order chi connectivity index (χ0) is 27.5. The van der Waals surface area contributed by atoms with Gasteiger partial charge in [-0.1, -0.05) is 24.3 Å². The summed E-state index contributed by atoms with van der Waals surface area (Å²) >= 11 is 1.57. The molecule has 0 aliphatic carbocycles. The molecular formula is C29H33NO7S. The van der Waals surface area contributed by atoms with Gasteiger partial charge in [-0.3, -0.25) is 4.79 Å². The molecule has 3 rings (SSSR count). The van der Waals surface area contributed by atoms with E-state index in [1.54, 1.807) is 58.4 Å². The number of benzene rings is 3. The van der Waals surface area contributed by atoms with Crippen LogP contribution in [-0.2, 0) is 32.9 Å². The zero-order valence-corrected chi connectivity index (χ0v) is 23.1. The summed E-state index contributed by atoms with van der Waals surface area (Å²) in [6.45, 7) is 0. The van der Waals surface area contributed by atoms with Crippen molar-refractivity contribution in [2.75, 3.05) is 35.5 Å². The molecule has 0 saturated carbocycles. The van der Waals surface area contributed by atoms with E-state index in [0.717, 1.165) is 27.3 Å². The normalized spacial score (nSPS) is 11.3. The van der Waals surface area contributed by atoms with Gasteiger partial charge in [-0.2, -0.15) is 0 Å². The van der Waals surface area contributed by atoms with Gasteiger partial charge in [0.2, 0.25) is 5.91 Å². The van der Waals surface area contributed by atoms with Gasteiger partial charge in [0.25, 0.3) is 0 Å². The number of thioether (sulfide) groups is 1. The van der Waals surface area contributed by atoms with Crippen LogP contribution in [0.2, 0.25) is 0 Å². The second-order valence-corrected chi connectivity index (χ2v) is 9.31. The van der Waals surface area contributed by atoms with Crippen molar-refractivity contribution < 1.29 is 33.3 Å². The van der Waals surface area contributed by atoms with Crippen LogP contribution in [0.25, 0.3) is 0 Å². The lowest BCUT2D eigenvalue weighted by Gasteiger charge is -2.20. The first-order chi connectivity index (χ1) is 18.4. The maximum absolute atomic E-state index is 12.9. The summed E-state index contributed by atoms with van der Waals surface area (Å²) in [7, 11) is 7.67. The second kappa shape index (κ2) is 14.2. The van der Waals surface area contributed by atoms with Crippen LogP contribution < -0.4 is 24.3 Å². The molecule has 202 valence electrons. The first kappa shape index (κ1) is 28.7. The largest absolute Gasteiger partial charge is 0.497 e. The summed E-state index contributed by atoms with van der Waals surface area (Å²) in [4.78, 5) is 26.4. The summed E-state index contributed by atoms with van der Waals surface area (Å²) in [5, 5.41) is 2.83. The molecule has 3 aromatic rings. The maximum Gasteiger partial charge on any atom is 0.328 e. The molecule has 0 radical (unpaired) electrons. The SMILES string of the molecule is COC(=O)[C@H](Cc1cc(OC)cc(OC)c1SCc1ccc(OC)cc1)NC(=O)Cc1ccc(OC)cc1. The fourth-order valence-electron chi connectivity index (χ4n) is 3.82. The fourth-order valence-corrected chi connectivity index (χ4v) is 4.94. The minimum atomic E-state index is -0.900. The number of ether oxygens (including phenoxy) is 5. The number of carbonyl (C=O) groups is 2. The van der Waals surface area contributed by atoms with Crippen LogP contribution in [0.15, 0.2) is 65.6 Å². The Morgan fingerprint density at radius 2 is 1.34 bits per heavy atom. The van der Waals surface area contributed by atoms with Gasteiger partial charge < -0.3 is 29.0 Å². The first-order valence-corrected chi connectivity index (χ1v) is 12.9. The molecule has 1 amide bonds. The minimum Gasteiger partial charge on any atom is -0.497 e. The number of hydrogen-bond acceptors (Lipinski definition) is 8. The lowest BCUT2D eigenvalue weighted by Crippen LogP contribution is -2.43. The van der Waals surface area contributed by atoms with Crippen molar-refractivity contribution in [3.63, 3.8) is 0 Å². The highest BCUT2D eigenvalue weighted by Crippen LogP contribution is 2.39. The van der Waals surface area contributed by atoms with Gasteiger partial charge in [0.1, 0.15) is 29.0 Å². The number of rotatable bonds is 13. The molecule has 0 saturated heterocycles. The van der Waals surface area contributed by atoms with Crippen molar-refractivity contribution in [2.45, 2.75) is 29.5 Å². The minimum absolute atomic E-state index is 0.109. The van der Waals surface area contributed by atoms with Crippen LogP contribution >= 0.6 is 11.8 Å². The molecule has 0 unspecified atom stereocenters. The summed E-state index contributed by atoms with van der Waals surface area (Å²) in [5.74, 6) is 2.51. The summed E-state index contributed by atoms with van der Waals surface area (Å²) in [5.41, 5.74) is 2.68. The number of esters is 1. The highest BCUT2D eigenvalue weighted by atomic mass is 32.2. The van der Waals surface area contributed by atoms with Crippen molar-refractivity contribution >= 4 is 23.6 Å². The topological polar surface area (TPSA) is 92.3 Å². The lowest BCUT2D eigenvalue weighted by atomic mass is 10.0. The Morgan fingerprint density at radius 1 is 0.763 bits per heavy atom. The Kier molecular flexibility index (Phi) is 10.7. The van der Waals surface area contributed by atoms with E-state index >= 15 is 0 Å². The molecule has 0 spiro atoms.